The number of fused-ring (bicyclic) bond motifs is 3. The van der Waals surface area contributed by atoms with Crippen molar-refractivity contribution in [2.75, 3.05) is 14.2 Å². The van der Waals surface area contributed by atoms with Crippen LogP contribution in [0.25, 0.3) is 21.6 Å². The lowest BCUT2D eigenvalue weighted by atomic mass is 10.1. The summed E-state index contributed by atoms with van der Waals surface area (Å²) in [6, 6.07) is 5.45. The fraction of sp³-hybridized carbons (Fsp3) is 0.294. The Morgan fingerprint density at radius 2 is 2.09 bits per heavy atom. The third-order valence-electron chi connectivity index (χ3n) is 4.24. The highest BCUT2D eigenvalue weighted by molar-refractivity contribution is 7.18. The van der Waals surface area contributed by atoms with Gasteiger partial charge in [0.2, 0.25) is 0 Å². The third kappa shape index (κ3) is 2.21. The number of nitrogens with one attached hydrogen (secondary N) is 1. The highest BCUT2D eigenvalue weighted by Gasteiger charge is 2.22. The molecule has 0 radical (unpaired) electrons. The van der Waals surface area contributed by atoms with Crippen LogP contribution in [0.4, 0.5) is 0 Å². The number of H-pyrrole nitrogens is 1. The highest BCUT2D eigenvalue weighted by atomic mass is 32.1. The molecule has 23 heavy (non-hydrogen) atoms. The van der Waals surface area contributed by atoms with Gasteiger partial charge in [-0.15, -0.1) is 11.3 Å². The van der Waals surface area contributed by atoms with Crippen molar-refractivity contribution in [3.63, 3.8) is 0 Å². The second kappa shape index (κ2) is 5.38. The molecule has 1 N–H and O–H groups in total. The van der Waals surface area contributed by atoms with Crippen LogP contribution in [-0.4, -0.2) is 24.2 Å². The summed E-state index contributed by atoms with van der Waals surface area (Å²) in [6.45, 7) is 0. The maximum Gasteiger partial charge on any atom is 0.260 e. The van der Waals surface area contributed by atoms with Gasteiger partial charge >= 0.3 is 0 Å². The van der Waals surface area contributed by atoms with E-state index in [9.17, 15) is 4.79 Å². The number of rotatable bonds is 3. The number of aromatic amines is 1. The van der Waals surface area contributed by atoms with Gasteiger partial charge in [0.25, 0.3) is 5.56 Å². The molecule has 0 bridgehead atoms. The van der Waals surface area contributed by atoms with Gasteiger partial charge in [-0.2, -0.15) is 0 Å². The number of hydrogen-bond acceptors (Lipinski definition) is 5. The molecule has 0 spiro atoms. The molecule has 1 aliphatic rings. The first kappa shape index (κ1) is 14.3. The molecular formula is C17H16N2O3S. The standard InChI is InChI=1S/C17H16N2O3S/c1-21-9-6-7-12(22-2)11(8-9)15-18-16(20)14-10-4-3-5-13(10)23-17(14)19-15/h6-8H,3-5H2,1-2H3,(H,18,19,20). The van der Waals surface area contributed by atoms with Crippen LogP contribution < -0.4 is 15.0 Å². The van der Waals surface area contributed by atoms with E-state index in [4.69, 9.17) is 9.47 Å². The Kier molecular flexibility index (Phi) is 3.34. The zero-order valence-corrected chi connectivity index (χ0v) is 13.8. The quantitative estimate of drug-likeness (QED) is 0.802. The summed E-state index contributed by atoms with van der Waals surface area (Å²) in [5.41, 5.74) is 1.83. The molecule has 5 nitrogen and oxygen atoms in total. The predicted molar refractivity (Wildman–Crippen MR) is 90.8 cm³/mol. The Labute approximate surface area is 136 Å². The topological polar surface area (TPSA) is 64.2 Å². The number of thiophene rings is 1. The van der Waals surface area contributed by atoms with E-state index in [0.29, 0.717) is 17.3 Å². The average molecular weight is 328 g/mol. The molecule has 118 valence electrons. The number of benzene rings is 1. The number of aromatic nitrogens is 2. The molecule has 2 aromatic heterocycles. The van der Waals surface area contributed by atoms with Crippen LogP contribution >= 0.6 is 11.3 Å². The third-order valence-corrected chi connectivity index (χ3v) is 5.42. The van der Waals surface area contributed by atoms with Gasteiger partial charge < -0.3 is 14.5 Å². The summed E-state index contributed by atoms with van der Waals surface area (Å²) in [4.78, 5) is 22.3. The van der Waals surface area contributed by atoms with Gasteiger partial charge in [0.05, 0.1) is 25.2 Å². The molecule has 4 rings (SSSR count). The molecule has 6 heteroatoms. The van der Waals surface area contributed by atoms with E-state index >= 15 is 0 Å². The maximum absolute atomic E-state index is 12.6. The Balaban J connectivity index is 1.95. The molecule has 2 heterocycles. The molecule has 0 amide bonds. The summed E-state index contributed by atoms with van der Waals surface area (Å²) in [6.07, 6.45) is 3.15. The van der Waals surface area contributed by atoms with Crippen LogP contribution in [0.3, 0.4) is 0 Å². The Morgan fingerprint density at radius 3 is 2.87 bits per heavy atom. The lowest BCUT2D eigenvalue weighted by Gasteiger charge is -2.10. The second-order valence-corrected chi connectivity index (χ2v) is 6.60. The van der Waals surface area contributed by atoms with Crippen LogP contribution in [0.5, 0.6) is 11.5 Å². The van der Waals surface area contributed by atoms with Crippen molar-refractivity contribution in [2.24, 2.45) is 0 Å². The van der Waals surface area contributed by atoms with Crippen molar-refractivity contribution < 1.29 is 9.47 Å². The van der Waals surface area contributed by atoms with E-state index in [-0.39, 0.29) is 5.56 Å². The fourth-order valence-corrected chi connectivity index (χ4v) is 4.39. The lowest BCUT2D eigenvalue weighted by molar-refractivity contribution is 0.404. The van der Waals surface area contributed by atoms with Crippen LogP contribution in [0.1, 0.15) is 16.9 Å². The molecule has 0 saturated heterocycles. The first-order chi connectivity index (χ1) is 11.2. The minimum atomic E-state index is -0.0747. The average Bonchev–Trinajstić information content (AvgIpc) is 3.14. The number of methoxy groups -OCH3 is 2. The van der Waals surface area contributed by atoms with Crippen molar-refractivity contribution >= 4 is 21.6 Å². The molecule has 0 aliphatic heterocycles. The molecule has 1 aliphatic carbocycles. The first-order valence-corrected chi connectivity index (χ1v) is 8.30. The van der Waals surface area contributed by atoms with Gasteiger partial charge in [-0.05, 0) is 43.0 Å². The van der Waals surface area contributed by atoms with Crippen molar-refractivity contribution in [2.45, 2.75) is 19.3 Å². The van der Waals surface area contributed by atoms with Crippen molar-refractivity contribution in [1.29, 1.82) is 0 Å². The Bertz CT molecular complexity index is 958. The van der Waals surface area contributed by atoms with E-state index in [1.165, 1.54) is 10.4 Å². The molecule has 0 fully saturated rings. The fourth-order valence-electron chi connectivity index (χ4n) is 3.13. The lowest BCUT2D eigenvalue weighted by Crippen LogP contribution is -2.10. The minimum Gasteiger partial charge on any atom is -0.497 e. The number of ether oxygens (including phenoxy) is 2. The van der Waals surface area contributed by atoms with Crippen LogP contribution in [0.2, 0.25) is 0 Å². The maximum atomic E-state index is 12.6. The van der Waals surface area contributed by atoms with Gasteiger partial charge in [-0.1, -0.05) is 0 Å². The van der Waals surface area contributed by atoms with Gasteiger partial charge in [-0.25, -0.2) is 4.98 Å². The van der Waals surface area contributed by atoms with Crippen molar-refractivity contribution in [1.82, 2.24) is 9.97 Å². The summed E-state index contributed by atoms with van der Waals surface area (Å²) >= 11 is 1.63. The minimum absolute atomic E-state index is 0.0747. The molecule has 1 aromatic carbocycles. The number of hydrogen-bond donors (Lipinski definition) is 1. The van der Waals surface area contributed by atoms with Gasteiger partial charge in [-0.3, -0.25) is 4.79 Å². The van der Waals surface area contributed by atoms with Crippen LogP contribution in [-0.2, 0) is 12.8 Å². The van der Waals surface area contributed by atoms with Crippen molar-refractivity contribution in [3.05, 3.63) is 39.0 Å². The molecule has 3 aromatic rings. The van der Waals surface area contributed by atoms with Crippen LogP contribution in [0, 0.1) is 0 Å². The predicted octanol–water partition coefficient (Wildman–Crippen LogP) is 3.16. The van der Waals surface area contributed by atoms with Gasteiger partial charge in [0.1, 0.15) is 22.2 Å². The summed E-state index contributed by atoms with van der Waals surface area (Å²) in [5.74, 6) is 1.85. The van der Waals surface area contributed by atoms with E-state index in [1.54, 1.807) is 25.6 Å². The summed E-state index contributed by atoms with van der Waals surface area (Å²) < 4.78 is 10.7. The van der Waals surface area contributed by atoms with Gasteiger partial charge in [0, 0.05) is 4.88 Å². The molecule has 0 atom stereocenters. The van der Waals surface area contributed by atoms with Gasteiger partial charge in [0.15, 0.2) is 0 Å². The van der Waals surface area contributed by atoms with E-state index < -0.39 is 0 Å². The second-order valence-electron chi connectivity index (χ2n) is 5.52. The molecule has 0 unspecified atom stereocenters. The first-order valence-electron chi connectivity index (χ1n) is 7.48. The highest BCUT2D eigenvalue weighted by Crippen LogP contribution is 2.36. The smallest absolute Gasteiger partial charge is 0.260 e. The summed E-state index contributed by atoms with van der Waals surface area (Å²) in [5, 5.41) is 0.758. The molecule has 0 saturated carbocycles. The number of aryl methyl sites for hydroxylation is 2. The molecular weight excluding hydrogens is 312 g/mol. The number of nitrogens with zero attached hydrogens (tertiary/aromatic N) is 1. The van der Waals surface area contributed by atoms with Crippen molar-refractivity contribution in [3.8, 4) is 22.9 Å². The zero-order valence-electron chi connectivity index (χ0n) is 12.9. The Hall–Kier alpha value is -2.34. The Morgan fingerprint density at radius 1 is 1.22 bits per heavy atom. The monoisotopic (exact) mass is 328 g/mol. The van der Waals surface area contributed by atoms with E-state index in [1.807, 2.05) is 18.2 Å². The zero-order chi connectivity index (χ0) is 16.0. The summed E-state index contributed by atoms with van der Waals surface area (Å²) in [7, 11) is 3.20. The van der Waals surface area contributed by atoms with E-state index in [2.05, 4.69) is 9.97 Å². The van der Waals surface area contributed by atoms with E-state index in [0.717, 1.165) is 35.0 Å². The largest absolute Gasteiger partial charge is 0.497 e. The van der Waals surface area contributed by atoms with Crippen LogP contribution in [0.15, 0.2) is 23.0 Å². The normalized spacial score (nSPS) is 13.3. The SMILES string of the molecule is COc1ccc(OC)c(-c2nc3sc4c(c3c(=O)[nH]2)CCC4)c1.